The average molecular weight is 301 g/mol. The predicted molar refractivity (Wildman–Crippen MR) is 93.6 cm³/mol. The van der Waals surface area contributed by atoms with Gasteiger partial charge in [0.1, 0.15) is 5.75 Å². The largest absolute Gasteiger partial charge is 0.497 e. The topological polar surface area (TPSA) is 21.3 Å². The molecule has 0 radical (unpaired) electrons. The Kier molecular flexibility index (Phi) is 3.60. The minimum atomic E-state index is 0.185. The molecule has 1 heterocycles. The van der Waals surface area contributed by atoms with Gasteiger partial charge in [-0.1, -0.05) is 60.7 Å². The number of nitrogens with one attached hydrogen (secondary N) is 1. The van der Waals surface area contributed by atoms with Crippen LogP contribution in [0.3, 0.4) is 0 Å². The summed E-state index contributed by atoms with van der Waals surface area (Å²) in [5, 5.41) is 3.71. The van der Waals surface area contributed by atoms with Crippen LogP contribution in [-0.4, -0.2) is 7.11 Å². The maximum absolute atomic E-state index is 5.28. The predicted octanol–water partition coefficient (Wildman–Crippen LogP) is 4.55. The highest BCUT2D eigenvalue weighted by atomic mass is 16.5. The normalized spacial score (nSPS) is 16.1. The van der Waals surface area contributed by atoms with Gasteiger partial charge in [-0.15, -0.1) is 0 Å². The van der Waals surface area contributed by atoms with E-state index in [0.717, 1.165) is 12.3 Å². The van der Waals surface area contributed by atoms with Crippen LogP contribution in [-0.2, 0) is 6.54 Å². The molecule has 0 saturated carbocycles. The van der Waals surface area contributed by atoms with Crippen LogP contribution in [0.15, 0.2) is 72.8 Å². The number of hydrogen-bond donors (Lipinski definition) is 1. The first kappa shape index (κ1) is 14.0. The number of hydrogen-bond acceptors (Lipinski definition) is 2. The van der Waals surface area contributed by atoms with Crippen LogP contribution in [0.1, 0.15) is 22.7 Å². The fraction of sp³-hybridized carbons (Fsp3) is 0.143. The third-order valence-electron chi connectivity index (χ3n) is 4.53. The summed E-state index contributed by atoms with van der Waals surface area (Å²) in [6.07, 6.45) is 0. The highest BCUT2D eigenvalue weighted by Crippen LogP contribution is 2.36. The van der Waals surface area contributed by atoms with E-state index in [9.17, 15) is 0 Å². The van der Waals surface area contributed by atoms with Gasteiger partial charge in [0.2, 0.25) is 0 Å². The van der Waals surface area contributed by atoms with Crippen LogP contribution >= 0.6 is 0 Å². The lowest BCUT2D eigenvalue weighted by atomic mass is 9.91. The molecule has 0 aliphatic carbocycles. The molecule has 1 aliphatic rings. The number of methoxy groups -OCH3 is 1. The van der Waals surface area contributed by atoms with E-state index in [1.807, 2.05) is 12.1 Å². The molecule has 2 nitrogen and oxygen atoms in total. The molecule has 3 aromatic carbocycles. The highest BCUT2D eigenvalue weighted by molar-refractivity contribution is 5.73. The summed E-state index contributed by atoms with van der Waals surface area (Å²) in [7, 11) is 1.70. The third kappa shape index (κ3) is 2.51. The van der Waals surface area contributed by atoms with Gasteiger partial charge < -0.3 is 10.1 Å². The van der Waals surface area contributed by atoms with Gasteiger partial charge in [-0.3, -0.25) is 0 Å². The Bertz CT molecular complexity index is 823. The van der Waals surface area contributed by atoms with E-state index in [0.29, 0.717) is 0 Å². The van der Waals surface area contributed by atoms with Crippen LogP contribution < -0.4 is 10.1 Å². The zero-order valence-electron chi connectivity index (χ0n) is 13.1. The summed E-state index contributed by atoms with van der Waals surface area (Å²) in [6.45, 7) is 0.863. The van der Waals surface area contributed by atoms with Crippen molar-refractivity contribution in [2.24, 2.45) is 0 Å². The first-order valence-electron chi connectivity index (χ1n) is 7.91. The van der Waals surface area contributed by atoms with Crippen LogP contribution in [0.4, 0.5) is 0 Å². The summed E-state index contributed by atoms with van der Waals surface area (Å²) in [5.74, 6) is 0.888. The molecule has 0 saturated heterocycles. The Hall–Kier alpha value is -2.58. The molecule has 0 amide bonds. The molecule has 23 heavy (non-hydrogen) atoms. The van der Waals surface area contributed by atoms with Crippen LogP contribution in [0.5, 0.6) is 5.75 Å². The quantitative estimate of drug-likeness (QED) is 0.749. The molecular weight excluding hydrogens is 282 g/mol. The Morgan fingerprint density at radius 1 is 0.826 bits per heavy atom. The summed E-state index contributed by atoms with van der Waals surface area (Å²) >= 11 is 0. The van der Waals surface area contributed by atoms with E-state index in [1.54, 1.807) is 7.11 Å². The molecular formula is C21H19NO. The summed E-state index contributed by atoms with van der Waals surface area (Å²) in [5.41, 5.74) is 6.56. The molecule has 0 fully saturated rings. The number of benzene rings is 3. The van der Waals surface area contributed by atoms with Gasteiger partial charge in [0.15, 0.2) is 0 Å². The minimum absolute atomic E-state index is 0.185. The fourth-order valence-corrected chi connectivity index (χ4v) is 3.35. The zero-order valence-corrected chi connectivity index (χ0v) is 13.1. The second-order valence-electron chi connectivity index (χ2n) is 5.83. The molecule has 4 rings (SSSR count). The van der Waals surface area contributed by atoms with Crippen molar-refractivity contribution in [2.75, 3.05) is 7.11 Å². The lowest BCUT2D eigenvalue weighted by Gasteiger charge is -2.19. The van der Waals surface area contributed by atoms with Crippen molar-refractivity contribution in [3.8, 4) is 16.9 Å². The molecule has 1 unspecified atom stereocenters. The first-order chi connectivity index (χ1) is 11.4. The Morgan fingerprint density at radius 3 is 2.30 bits per heavy atom. The number of ether oxygens (including phenoxy) is 1. The third-order valence-corrected chi connectivity index (χ3v) is 4.53. The minimum Gasteiger partial charge on any atom is -0.497 e. The van der Waals surface area contributed by atoms with Gasteiger partial charge in [-0.05, 0) is 39.9 Å². The monoisotopic (exact) mass is 301 g/mol. The van der Waals surface area contributed by atoms with Crippen LogP contribution in [0, 0.1) is 0 Å². The Labute approximate surface area is 136 Å². The standard InChI is InChI=1S/C21H19NO/c1-23-17-12-10-15(11-13-17)21-20-9-5-4-8-19(20)18-7-3-2-6-16(18)14-22-21/h2-13,21-22H,14H2,1H3. The molecule has 1 N–H and O–H groups in total. The average Bonchev–Trinajstić information content (AvgIpc) is 2.79. The smallest absolute Gasteiger partial charge is 0.118 e. The maximum Gasteiger partial charge on any atom is 0.118 e. The second kappa shape index (κ2) is 5.90. The van der Waals surface area contributed by atoms with Gasteiger partial charge in [0, 0.05) is 6.54 Å². The second-order valence-corrected chi connectivity index (χ2v) is 5.83. The van der Waals surface area contributed by atoms with Gasteiger partial charge >= 0.3 is 0 Å². The van der Waals surface area contributed by atoms with Gasteiger partial charge in [0.05, 0.1) is 13.2 Å². The molecule has 3 aromatic rings. The number of fused-ring (bicyclic) bond motifs is 3. The van der Waals surface area contributed by atoms with Gasteiger partial charge in [0.25, 0.3) is 0 Å². The van der Waals surface area contributed by atoms with Gasteiger partial charge in [-0.25, -0.2) is 0 Å². The summed E-state index contributed by atoms with van der Waals surface area (Å²) < 4.78 is 5.28. The van der Waals surface area contributed by atoms with Crippen molar-refractivity contribution < 1.29 is 4.74 Å². The number of rotatable bonds is 2. The van der Waals surface area contributed by atoms with E-state index in [1.165, 1.54) is 27.8 Å². The molecule has 2 heteroatoms. The van der Waals surface area contributed by atoms with Crippen molar-refractivity contribution >= 4 is 0 Å². The lowest BCUT2D eigenvalue weighted by Crippen LogP contribution is -2.20. The molecule has 0 aromatic heterocycles. The SMILES string of the molecule is COc1ccc(C2NCc3ccccc3-c3ccccc32)cc1. The van der Waals surface area contributed by atoms with Crippen molar-refractivity contribution in [3.63, 3.8) is 0 Å². The van der Waals surface area contributed by atoms with E-state index in [2.05, 4.69) is 66.0 Å². The van der Waals surface area contributed by atoms with Crippen LogP contribution in [0.25, 0.3) is 11.1 Å². The summed E-state index contributed by atoms with van der Waals surface area (Å²) in [4.78, 5) is 0. The molecule has 0 bridgehead atoms. The zero-order chi connectivity index (χ0) is 15.6. The van der Waals surface area contributed by atoms with E-state index < -0.39 is 0 Å². The lowest BCUT2D eigenvalue weighted by molar-refractivity contribution is 0.414. The van der Waals surface area contributed by atoms with Gasteiger partial charge in [-0.2, -0.15) is 0 Å². The van der Waals surface area contributed by atoms with Crippen LogP contribution in [0.2, 0.25) is 0 Å². The maximum atomic E-state index is 5.28. The molecule has 0 spiro atoms. The highest BCUT2D eigenvalue weighted by Gasteiger charge is 2.22. The summed E-state index contributed by atoms with van der Waals surface area (Å²) in [6, 6.07) is 25.8. The van der Waals surface area contributed by atoms with E-state index in [-0.39, 0.29) is 6.04 Å². The van der Waals surface area contributed by atoms with Crippen molar-refractivity contribution in [2.45, 2.75) is 12.6 Å². The molecule has 1 atom stereocenters. The van der Waals surface area contributed by atoms with E-state index >= 15 is 0 Å². The van der Waals surface area contributed by atoms with Crippen molar-refractivity contribution in [1.82, 2.24) is 5.32 Å². The van der Waals surface area contributed by atoms with E-state index in [4.69, 9.17) is 4.74 Å². The molecule has 1 aliphatic heterocycles. The fourth-order valence-electron chi connectivity index (χ4n) is 3.35. The Morgan fingerprint density at radius 2 is 1.52 bits per heavy atom. The van der Waals surface area contributed by atoms with Crippen molar-refractivity contribution in [1.29, 1.82) is 0 Å². The Balaban J connectivity index is 1.84. The van der Waals surface area contributed by atoms with Crippen molar-refractivity contribution in [3.05, 3.63) is 89.5 Å². The first-order valence-corrected chi connectivity index (χ1v) is 7.91. The molecule has 114 valence electrons.